The second kappa shape index (κ2) is 5.67. The van der Waals surface area contributed by atoms with Crippen LogP contribution in [-0.2, 0) is 7.05 Å². The Morgan fingerprint density at radius 2 is 2.24 bits per heavy atom. The van der Waals surface area contributed by atoms with Gasteiger partial charge in [0, 0.05) is 24.6 Å². The number of nitrogens with one attached hydrogen (secondary N) is 1. The van der Waals surface area contributed by atoms with Gasteiger partial charge >= 0.3 is 0 Å². The molecule has 1 rings (SSSR count). The van der Waals surface area contributed by atoms with Crippen LogP contribution in [0.5, 0.6) is 0 Å². The van der Waals surface area contributed by atoms with E-state index < -0.39 is 0 Å². The van der Waals surface area contributed by atoms with Crippen molar-refractivity contribution in [2.24, 2.45) is 12.5 Å². The largest absolute Gasteiger partial charge is 0.350 e. The Morgan fingerprint density at radius 3 is 2.71 bits per heavy atom. The first kappa shape index (κ1) is 14.2. The van der Waals surface area contributed by atoms with E-state index in [0.29, 0.717) is 12.2 Å². The van der Waals surface area contributed by atoms with Gasteiger partial charge in [-0.1, -0.05) is 36.7 Å². The Kier molecular flexibility index (Phi) is 4.74. The summed E-state index contributed by atoms with van der Waals surface area (Å²) in [7, 11) is 1.84. The van der Waals surface area contributed by atoms with E-state index in [-0.39, 0.29) is 16.1 Å². The number of hydrogen-bond acceptors (Lipinski definition) is 2. The second-order valence-corrected chi connectivity index (χ2v) is 6.79. The molecule has 0 radical (unpaired) electrons. The van der Waals surface area contributed by atoms with Crippen molar-refractivity contribution in [3.8, 4) is 0 Å². The molecule has 5 heteroatoms. The lowest BCUT2D eigenvalue weighted by Crippen LogP contribution is -2.31. The number of amides is 1. The highest BCUT2D eigenvalue weighted by atomic mass is 79.9. The minimum atomic E-state index is -0.121. The lowest BCUT2D eigenvalue weighted by Gasteiger charge is -2.22. The first-order valence-electron chi connectivity index (χ1n) is 5.68. The zero-order valence-corrected chi connectivity index (χ0v) is 12.4. The third-order valence-corrected chi connectivity index (χ3v) is 2.90. The van der Waals surface area contributed by atoms with Crippen LogP contribution in [0.25, 0.3) is 0 Å². The Balaban J connectivity index is 2.38. The van der Waals surface area contributed by atoms with Crippen molar-refractivity contribution < 1.29 is 4.79 Å². The van der Waals surface area contributed by atoms with Crippen LogP contribution in [0, 0.1) is 5.41 Å². The maximum atomic E-state index is 11.7. The Hall–Kier alpha value is -0.840. The highest BCUT2D eigenvalue weighted by molar-refractivity contribution is 9.09. The monoisotopic (exact) mass is 301 g/mol. The van der Waals surface area contributed by atoms with Gasteiger partial charge < -0.3 is 9.88 Å². The molecule has 17 heavy (non-hydrogen) atoms. The molecule has 0 aliphatic heterocycles. The zero-order chi connectivity index (χ0) is 13.1. The van der Waals surface area contributed by atoms with Gasteiger partial charge in [-0.3, -0.25) is 4.79 Å². The SMILES string of the molecule is Cn1cnc(C(=O)NCC(Br)CC(C)(C)C)c1. The molecule has 1 aromatic heterocycles. The van der Waals surface area contributed by atoms with E-state index in [2.05, 4.69) is 47.0 Å². The van der Waals surface area contributed by atoms with Gasteiger partial charge in [-0.05, 0) is 11.8 Å². The molecule has 1 unspecified atom stereocenters. The lowest BCUT2D eigenvalue weighted by molar-refractivity contribution is 0.0948. The molecule has 0 bridgehead atoms. The van der Waals surface area contributed by atoms with E-state index in [0.717, 1.165) is 6.42 Å². The number of carbonyl (C=O) groups excluding carboxylic acids is 1. The van der Waals surface area contributed by atoms with Gasteiger partial charge in [0.05, 0.1) is 6.33 Å². The van der Waals surface area contributed by atoms with Crippen LogP contribution < -0.4 is 5.32 Å². The van der Waals surface area contributed by atoms with Crippen LogP contribution in [0.4, 0.5) is 0 Å². The predicted octanol–water partition coefficient (Wildman–Crippen LogP) is 2.35. The fraction of sp³-hybridized carbons (Fsp3) is 0.667. The number of nitrogens with zero attached hydrogens (tertiary/aromatic N) is 2. The number of rotatable bonds is 4. The van der Waals surface area contributed by atoms with E-state index in [1.54, 1.807) is 17.1 Å². The molecule has 0 aliphatic rings. The van der Waals surface area contributed by atoms with Crippen molar-refractivity contribution in [2.75, 3.05) is 6.54 Å². The number of hydrogen-bond donors (Lipinski definition) is 1. The summed E-state index contributed by atoms with van der Waals surface area (Å²) in [4.78, 5) is 16.0. The summed E-state index contributed by atoms with van der Waals surface area (Å²) in [5.41, 5.74) is 0.715. The van der Waals surface area contributed by atoms with Crippen molar-refractivity contribution in [1.82, 2.24) is 14.9 Å². The van der Waals surface area contributed by atoms with Gasteiger partial charge in [-0.2, -0.15) is 0 Å². The highest BCUT2D eigenvalue weighted by Crippen LogP contribution is 2.24. The lowest BCUT2D eigenvalue weighted by atomic mass is 9.90. The van der Waals surface area contributed by atoms with Gasteiger partial charge in [-0.15, -0.1) is 0 Å². The molecule has 1 N–H and O–H groups in total. The summed E-state index contributed by atoms with van der Waals surface area (Å²) in [5, 5.41) is 2.87. The normalized spacial score (nSPS) is 13.5. The van der Waals surface area contributed by atoms with E-state index in [9.17, 15) is 4.79 Å². The van der Waals surface area contributed by atoms with Crippen LogP contribution in [0.15, 0.2) is 12.5 Å². The third-order valence-electron chi connectivity index (χ3n) is 2.26. The highest BCUT2D eigenvalue weighted by Gasteiger charge is 2.17. The molecule has 0 spiro atoms. The smallest absolute Gasteiger partial charge is 0.271 e. The quantitative estimate of drug-likeness (QED) is 0.868. The molecule has 1 amide bonds. The summed E-state index contributed by atoms with van der Waals surface area (Å²) in [6.45, 7) is 7.16. The predicted molar refractivity (Wildman–Crippen MR) is 72.3 cm³/mol. The molecule has 0 aliphatic carbocycles. The molecule has 0 saturated carbocycles. The number of imidazole rings is 1. The molecule has 1 atom stereocenters. The number of aryl methyl sites for hydroxylation is 1. The maximum Gasteiger partial charge on any atom is 0.271 e. The van der Waals surface area contributed by atoms with Crippen molar-refractivity contribution in [2.45, 2.75) is 32.0 Å². The molecular formula is C12H20BrN3O. The summed E-state index contributed by atoms with van der Waals surface area (Å²) >= 11 is 3.58. The molecule has 4 nitrogen and oxygen atoms in total. The average molecular weight is 302 g/mol. The number of alkyl halides is 1. The topological polar surface area (TPSA) is 46.9 Å². The van der Waals surface area contributed by atoms with Crippen LogP contribution >= 0.6 is 15.9 Å². The van der Waals surface area contributed by atoms with Crippen molar-refractivity contribution >= 4 is 21.8 Å². The first-order valence-corrected chi connectivity index (χ1v) is 6.60. The van der Waals surface area contributed by atoms with Gasteiger partial charge in [0.1, 0.15) is 5.69 Å². The molecule has 0 fully saturated rings. The number of halogens is 1. The van der Waals surface area contributed by atoms with Crippen LogP contribution in [0.2, 0.25) is 0 Å². The standard InChI is InChI=1S/C12H20BrN3O/c1-12(2,3)5-9(13)6-14-11(17)10-7-16(4)8-15-10/h7-9H,5-6H2,1-4H3,(H,14,17). The van der Waals surface area contributed by atoms with Crippen LogP contribution in [0.3, 0.4) is 0 Å². The van der Waals surface area contributed by atoms with Crippen LogP contribution in [-0.4, -0.2) is 26.8 Å². The molecular weight excluding hydrogens is 282 g/mol. The number of aromatic nitrogens is 2. The van der Waals surface area contributed by atoms with Crippen molar-refractivity contribution in [1.29, 1.82) is 0 Å². The summed E-state index contributed by atoms with van der Waals surface area (Å²) in [6.07, 6.45) is 4.34. The van der Waals surface area contributed by atoms with Crippen molar-refractivity contribution in [3.63, 3.8) is 0 Å². The zero-order valence-electron chi connectivity index (χ0n) is 10.8. The fourth-order valence-corrected chi connectivity index (χ4v) is 2.69. The minimum Gasteiger partial charge on any atom is -0.350 e. The average Bonchev–Trinajstić information content (AvgIpc) is 2.58. The maximum absolute atomic E-state index is 11.7. The van der Waals surface area contributed by atoms with Gasteiger partial charge in [-0.25, -0.2) is 4.98 Å². The Morgan fingerprint density at radius 1 is 1.59 bits per heavy atom. The molecule has 96 valence electrons. The van der Waals surface area contributed by atoms with E-state index in [1.165, 1.54) is 0 Å². The fourth-order valence-electron chi connectivity index (χ4n) is 1.56. The first-order chi connectivity index (χ1) is 7.78. The number of carbonyl (C=O) groups is 1. The van der Waals surface area contributed by atoms with E-state index in [4.69, 9.17) is 0 Å². The van der Waals surface area contributed by atoms with Crippen LogP contribution in [0.1, 0.15) is 37.7 Å². The van der Waals surface area contributed by atoms with E-state index in [1.807, 2.05) is 7.05 Å². The van der Waals surface area contributed by atoms with Crippen molar-refractivity contribution in [3.05, 3.63) is 18.2 Å². The van der Waals surface area contributed by atoms with Gasteiger partial charge in [0.25, 0.3) is 5.91 Å². The Bertz CT molecular complexity index is 381. The molecule has 1 aromatic rings. The summed E-state index contributed by atoms with van der Waals surface area (Å²) in [6, 6.07) is 0. The van der Waals surface area contributed by atoms with Gasteiger partial charge in [0.15, 0.2) is 0 Å². The van der Waals surface area contributed by atoms with Gasteiger partial charge in [0.2, 0.25) is 0 Å². The summed E-state index contributed by atoms with van der Waals surface area (Å²) in [5.74, 6) is -0.121. The minimum absolute atomic E-state index is 0.121. The second-order valence-electron chi connectivity index (χ2n) is 5.50. The van der Waals surface area contributed by atoms with E-state index >= 15 is 0 Å². The third kappa shape index (κ3) is 5.35. The summed E-state index contributed by atoms with van der Waals surface area (Å²) < 4.78 is 1.76. The Labute approximate surface area is 111 Å². The molecule has 1 heterocycles. The molecule has 0 aromatic carbocycles. The molecule has 0 saturated heterocycles.